The van der Waals surface area contributed by atoms with E-state index in [1.165, 1.54) is 31.5 Å². The fraction of sp³-hybridized carbons (Fsp3) is 0.214. The van der Waals surface area contributed by atoms with Gasteiger partial charge in [0, 0.05) is 18.4 Å². The first kappa shape index (κ1) is 17.4. The molecule has 9 heteroatoms. The van der Waals surface area contributed by atoms with Crippen molar-refractivity contribution >= 4 is 10.0 Å². The van der Waals surface area contributed by atoms with E-state index in [4.69, 9.17) is 0 Å². The molecule has 0 spiro atoms. The predicted octanol–water partition coefficient (Wildman–Crippen LogP) is 3.28. The van der Waals surface area contributed by atoms with E-state index < -0.39 is 38.5 Å². The Morgan fingerprint density at radius 1 is 1.13 bits per heavy atom. The molecule has 0 aliphatic heterocycles. The van der Waals surface area contributed by atoms with E-state index in [1.54, 1.807) is 0 Å². The van der Waals surface area contributed by atoms with Crippen LogP contribution in [0.25, 0.3) is 0 Å². The van der Waals surface area contributed by atoms with Crippen LogP contribution in [0.2, 0.25) is 0 Å². The fourth-order valence-corrected chi connectivity index (χ4v) is 3.41. The monoisotopic (exact) mass is 348 g/mol. The highest BCUT2D eigenvalue weighted by Gasteiger charge is 2.38. The maximum atomic E-state index is 13.1. The Kier molecular flexibility index (Phi) is 4.71. The molecule has 1 N–H and O–H groups in total. The van der Waals surface area contributed by atoms with Gasteiger partial charge in [-0.3, -0.25) is 4.98 Å². The molecule has 2 aromatic rings. The number of alkyl halides is 3. The van der Waals surface area contributed by atoms with Gasteiger partial charge in [-0.25, -0.2) is 17.5 Å². The summed E-state index contributed by atoms with van der Waals surface area (Å²) >= 11 is 0. The van der Waals surface area contributed by atoms with Crippen LogP contribution in [-0.2, 0) is 16.2 Å². The zero-order chi connectivity index (χ0) is 17.3. The van der Waals surface area contributed by atoms with Gasteiger partial charge in [-0.2, -0.15) is 13.2 Å². The van der Waals surface area contributed by atoms with Crippen molar-refractivity contribution in [3.8, 4) is 0 Å². The smallest absolute Gasteiger partial charge is 0.265 e. The van der Waals surface area contributed by atoms with E-state index in [2.05, 4.69) is 9.71 Å². The lowest BCUT2D eigenvalue weighted by molar-refractivity contribution is -0.140. The van der Waals surface area contributed by atoms with E-state index in [1.807, 2.05) is 0 Å². The van der Waals surface area contributed by atoms with Crippen molar-refractivity contribution < 1.29 is 26.0 Å². The third-order valence-electron chi connectivity index (χ3n) is 3.07. The molecule has 4 nitrogen and oxygen atoms in total. The summed E-state index contributed by atoms with van der Waals surface area (Å²) in [6.45, 7) is 1.48. The van der Waals surface area contributed by atoms with E-state index in [9.17, 15) is 26.0 Å². The van der Waals surface area contributed by atoms with Gasteiger partial charge >= 0.3 is 6.18 Å². The normalized spacial score (nSPS) is 13.8. The predicted molar refractivity (Wildman–Crippen MR) is 74.4 cm³/mol. The second kappa shape index (κ2) is 6.25. The van der Waals surface area contributed by atoms with Crippen LogP contribution < -0.4 is 4.72 Å². The van der Waals surface area contributed by atoms with Crippen LogP contribution in [-0.4, -0.2) is 13.4 Å². The summed E-state index contributed by atoms with van der Waals surface area (Å²) in [5.74, 6) is -1.17. The third-order valence-corrected chi connectivity index (χ3v) is 4.67. The summed E-state index contributed by atoms with van der Waals surface area (Å²) in [6.07, 6.45) is -2.13. The van der Waals surface area contributed by atoms with Crippen molar-refractivity contribution in [1.82, 2.24) is 9.71 Å². The number of hydrogen-bond acceptors (Lipinski definition) is 3. The lowest BCUT2D eigenvalue weighted by atomic mass is 10.1. The van der Waals surface area contributed by atoms with Gasteiger partial charge in [-0.1, -0.05) is 0 Å². The molecule has 0 bridgehead atoms. The highest BCUT2D eigenvalue weighted by molar-refractivity contribution is 7.89. The largest absolute Gasteiger partial charge is 0.417 e. The first-order valence-corrected chi connectivity index (χ1v) is 7.88. The van der Waals surface area contributed by atoms with Crippen molar-refractivity contribution in [1.29, 1.82) is 0 Å². The first-order chi connectivity index (χ1) is 10.6. The number of nitrogens with zero attached hydrogens (tertiary/aromatic N) is 1. The Labute approximate surface area is 130 Å². The average molecular weight is 348 g/mol. The lowest BCUT2D eigenvalue weighted by Gasteiger charge is -2.17. The van der Waals surface area contributed by atoms with Crippen LogP contribution >= 0.6 is 0 Å². The van der Waals surface area contributed by atoms with E-state index >= 15 is 0 Å². The zero-order valence-electron chi connectivity index (χ0n) is 11.8. The Morgan fingerprint density at radius 3 is 2.30 bits per heavy atom. The summed E-state index contributed by atoms with van der Waals surface area (Å²) < 4.78 is 78.6. The fourth-order valence-electron chi connectivity index (χ4n) is 1.97. The molecule has 0 aliphatic rings. The van der Waals surface area contributed by atoms with E-state index in [0.717, 1.165) is 0 Å². The molecule has 1 heterocycles. The highest BCUT2D eigenvalue weighted by Crippen LogP contribution is 2.35. The SMILES string of the molecule is CC(NS(=O)(=O)c1ccc(F)cc1C(F)(F)F)c1ccncc1. The highest BCUT2D eigenvalue weighted by atomic mass is 32.2. The third kappa shape index (κ3) is 4.05. The molecule has 1 aromatic heterocycles. The molecular weight excluding hydrogens is 336 g/mol. The van der Waals surface area contributed by atoms with Gasteiger partial charge in [-0.15, -0.1) is 0 Å². The second-order valence-electron chi connectivity index (χ2n) is 4.76. The first-order valence-electron chi connectivity index (χ1n) is 6.40. The van der Waals surface area contributed by atoms with Crippen LogP contribution in [0.1, 0.15) is 24.1 Å². The maximum absolute atomic E-state index is 13.1. The Morgan fingerprint density at radius 2 is 1.74 bits per heavy atom. The number of halogens is 4. The topological polar surface area (TPSA) is 59.1 Å². The van der Waals surface area contributed by atoms with Crippen molar-refractivity contribution in [3.05, 3.63) is 59.7 Å². The van der Waals surface area contributed by atoms with Crippen LogP contribution in [0.15, 0.2) is 47.6 Å². The molecule has 23 heavy (non-hydrogen) atoms. The van der Waals surface area contributed by atoms with Crippen LogP contribution in [0.3, 0.4) is 0 Å². The standard InChI is InChI=1S/C14H12F4N2O2S/c1-9(10-4-6-19-7-5-10)20-23(21,22)13-3-2-11(15)8-12(13)14(16,17)18/h2-9,20H,1H3. The molecule has 1 atom stereocenters. The minimum Gasteiger partial charge on any atom is -0.265 e. The van der Waals surface area contributed by atoms with E-state index in [0.29, 0.717) is 17.7 Å². The molecule has 0 saturated heterocycles. The second-order valence-corrected chi connectivity index (χ2v) is 6.44. The summed E-state index contributed by atoms with van der Waals surface area (Å²) in [5.41, 5.74) is -1.02. The summed E-state index contributed by atoms with van der Waals surface area (Å²) in [5, 5.41) is 0. The molecule has 1 unspecified atom stereocenters. The minimum atomic E-state index is -4.99. The number of pyridine rings is 1. The van der Waals surface area contributed by atoms with Crippen LogP contribution in [0, 0.1) is 5.82 Å². The molecule has 0 amide bonds. The Bertz CT molecular complexity index is 792. The van der Waals surface area contributed by atoms with Crippen LogP contribution in [0.5, 0.6) is 0 Å². The molecular formula is C14H12F4N2O2S. The van der Waals surface area contributed by atoms with Gasteiger partial charge in [-0.05, 0) is 42.8 Å². The molecule has 0 radical (unpaired) electrons. The average Bonchev–Trinajstić information content (AvgIpc) is 2.46. The number of nitrogens with one attached hydrogen (secondary N) is 1. The van der Waals surface area contributed by atoms with Crippen molar-refractivity contribution in [2.24, 2.45) is 0 Å². The van der Waals surface area contributed by atoms with Crippen molar-refractivity contribution in [2.75, 3.05) is 0 Å². The van der Waals surface area contributed by atoms with Gasteiger partial charge in [0.25, 0.3) is 0 Å². The molecule has 0 aliphatic carbocycles. The van der Waals surface area contributed by atoms with Gasteiger partial charge in [0.15, 0.2) is 0 Å². The number of aromatic nitrogens is 1. The van der Waals surface area contributed by atoms with Crippen molar-refractivity contribution in [3.63, 3.8) is 0 Å². The number of rotatable bonds is 4. The van der Waals surface area contributed by atoms with Gasteiger partial charge in [0.1, 0.15) is 5.82 Å². The Hall–Kier alpha value is -2.00. The molecule has 2 rings (SSSR count). The molecule has 0 fully saturated rings. The Balaban J connectivity index is 2.41. The quantitative estimate of drug-likeness (QED) is 0.863. The van der Waals surface area contributed by atoms with Crippen LogP contribution in [0.4, 0.5) is 17.6 Å². The minimum absolute atomic E-state index is 0.158. The summed E-state index contributed by atoms with van der Waals surface area (Å²) in [6, 6.07) is 3.70. The molecule has 124 valence electrons. The van der Waals surface area contributed by atoms with Gasteiger partial charge in [0.05, 0.1) is 10.5 Å². The van der Waals surface area contributed by atoms with E-state index in [-0.39, 0.29) is 6.07 Å². The number of benzene rings is 1. The summed E-state index contributed by atoms with van der Waals surface area (Å²) in [7, 11) is -4.50. The molecule has 1 aromatic carbocycles. The zero-order valence-corrected chi connectivity index (χ0v) is 12.6. The maximum Gasteiger partial charge on any atom is 0.417 e. The van der Waals surface area contributed by atoms with Gasteiger partial charge < -0.3 is 0 Å². The number of hydrogen-bond donors (Lipinski definition) is 1. The molecule has 0 saturated carbocycles. The summed E-state index contributed by atoms with van der Waals surface area (Å²) in [4.78, 5) is 2.75. The van der Waals surface area contributed by atoms with Crippen molar-refractivity contribution in [2.45, 2.75) is 24.0 Å². The lowest BCUT2D eigenvalue weighted by Crippen LogP contribution is -2.29. The van der Waals surface area contributed by atoms with Gasteiger partial charge in [0.2, 0.25) is 10.0 Å². The number of sulfonamides is 1.